The van der Waals surface area contributed by atoms with Crippen molar-refractivity contribution in [2.45, 2.75) is 222 Å². The topological polar surface area (TPSA) is 63.6 Å². The summed E-state index contributed by atoms with van der Waals surface area (Å²) in [4.78, 5) is 22.9. The van der Waals surface area contributed by atoms with Crippen molar-refractivity contribution in [2.75, 3.05) is 12.4 Å². The molecular formula is C43H78O4S2. The highest BCUT2D eigenvalue weighted by atomic mass is 32.2. The number of rotatable bonds is 36. The number of carboxylic acids is 1. The number of thioether (sulfide) groups is 2. The molecule has 0 radical (unpaired) electrons. The van der Waals surface area contributed by atoms with Crippen molar-refractivity contribution in [2.24, 2.45) is 0 Å². The minimum atomic E-state index is -0.855. The van der Waals surface area contributed by atoms with Gasteiger partial charge >= 0.3 is 11.9 Å². The number of hydrogen-bond donors (Lipinski definition) is 1. The van der Waals surface area contributed by atoms with Gasteiger partial charge in [-0.05, 0) is 70.6 Å². The molecule has 1 aliphatic rings. The van der Waals surface area contributed by atoms with Crippen molar-refractivity contribution in [3.05, 3.63) is 24.3 Å². The lowest BCUT2D eigenvalue weighted by atomic mass is 10.0. The molecule has 4 nitrogen and oxygen atoms in total. The minimum absolute atomic E-state index is 0.0259. The lowest BCUT2D eigenvalue weighted by molar-refractivity contribution is -0.143. The van der Waals surface area contributed by atoms with E-state index in [1.54, 1.807) is 0 Å². The lowest BCUT2D eigenvalue weighted by Crippen LogP contribution is -2.20. The number of hydrogen-bond acceptors (Lipinski definition) is 5. The second-order valence-electron chi connectivity index (χ2n) is 14.6. The number of carboxylic acid groups (broad SMARTS) is 1. The molecule has 1 rings (SSSR count). The Morgan fingerprint density at radius 3 is 1.43 bits per heavy atom. The average Bonchev–Trinajstić information content (AvgIpc) is 3.50. The zero-order valence-electron chi connectivity index (χ0n) is 32.2. The molecule has 1 heterocycles. The molecule has 1 saturated heterocycles. The number of carbonyl (C=O) groups is 2. The smallest absolute Gasteiger partial charge is 0.305 e. The molecule has 0 saturated carbocycles. The Morgan fingerprint density at radius 1 is 0.592 bits per heavy atom. The van der Waals surface area contributed by atoms with Gasteiger partial charge in [-0.15, -0.1) is 23.5 Å². The zero-order valence-corrected chi connectivity index (χ0v) is 33.8. The van der Waals surface area contributed by atoms with E-state index in [0.29, 0.717) is 18.3 Å². The number of carbonyl (C=O) groups excluding carboxylic acids is 1. The van der Waals surface area contributed by atoms with Crippen molar-refractivity contribution in [3.63, 3.8) is 0 Å². The zero-order chi connectivity index (χ0) is 35.5. The second kappa shape index (κ2) is 34.2. The second-order valence-corrected chi connectivity index (χ2v) is 17.9. The number of esters is 1. The molecule has 0 aromatic carbocycles. The maximum atomic E-state index is 12.2. The average molecular weight is 723 g/mol. The predicted molar refractivity (Wildman–Crippen MR) is 218 cm³/mol. The molecule has 286 valence electrons. The fourth-order valence-corrected chi connectivity index (χ4v) is 10.5. The van der Waals surface area contributed by atoms with Crippen LogP contribution in [0.4, 0.5) is 0 Å². The molecule has 0 aromatic rings. The highest BCUT2D eigenvalue weighted by Gasteiger charge is 2.40. The van der Waals surface area contributed by atoms with E-state index >= 15 is 0 Å². The van der Waals surface area contributed by atoms with E-state index < -0.39 is 5.97 Å². The highest BCUT2D eigenvalue weighted by Crippen LogP contribution is 2.54. The summed E-state index contributed by atoms with van der Waals surface area (Å²) in [6.07, 6.45) is 47.5. The predicted octanol–water partition coefficient (Wildman–Crippen LogP) is 14.4. The summed E-state index contributed by atoms with van der Waals surface area (Å²) >= 11 is 4.20. The summed E-state index contributed by atoms with van der Waals surface area (Å²) in [5, 5.41) is 9.18. The van der Waals surface area contributed by atoms with Gasteiger partial charge in [0.1, 0.15) is 6.61 Å². The SMILES string of the molecule is CCCCCCCC/C=C\CCCCCCCC1(CCCCCCC/C=C\CCCCCCCC)SCC(COC(=O)CCCC(=O)O)S1. The number of aliphatic carboxylic acids is 1. The Bertz CT molecular complexity index is 787. The van der Waals surface area contributed by atoms with Gasteiger partial charge in [-0.3, -0.25) is 9.59 Å². The van der Waals surface area contributed by atoms with Crippen LogP contribution in [0.25, 0.3) is 0 Å². The van der Waals surface area contributed by atoms with Gasteiger partial charge in [-0.2, -0.15) is 0 Å². The van der Waals surface area contributed by atoms with E-state index in [4.69, 9.17) is 9.84 Å². The summed E-state index contributed by atoms with van der Waals surface area (Å²) in [5.74, 6) is -0.0612. The van der Waals surface area contributed by atoms with E-state index in [2.05, 4.69) is 61.7 Å². The van der Waals surface area contributed by atoms with Gasteiger partial charge in [0.25, 0.3) is 0 Å². The van der Waals surface area contributed by atoms with Crippen molar-refractivity contribution < 1.29 is 19.4 Å². The Morgan fingerprint density at radius 2 is 1.00 bits per heavy atom. The van der Waals surface area contributed by atoms with Crippen LogP contribution in [0.3, 0.4) is 0 Å². The summed E-state index contributed by atoms with van der Waals surface area (Å²) in [5.41, 5.74) is 0. The molecule has 0 aliphatic carbocycles. The van der Waals surface area contributed by atoms with Gasteiger partial charge < -0.3 is 9.84 Å². The van der Waals surface area contributed by atoms with Crippen LogP contribution in [0.5, 0.6) is 0 Å². The summed E-state index contributed by atoms with van der Waals surface area (Å²) in [7, 11) is 0. The fourth-order valence-electron chi connectivity index (χ4n) is 6.66. The molecule has 1 fully saturated rings. The third-order valence-corrected chi connectivity index (χ3v) is 13.6. The van der Waals surface area contributed by atoms with Crippen LogP contribution in [0, 0.1) is 0 Å². The Kier molecular flexibility index (Phi) is 32.2. The Balaban J connectivity index is 2.29. The van der Waals surface area contributed by atoms with Crippen LogP contribution < -0.4 is 0 Å². The van der Waals surface area contributed by atoms with Gasteiger partial charge in [-0.1, -0.05) is 154 Å². The highest BCUT2D eigenvalue weighted by molar-refractivity contribution is 8.21. The summed E-state index contributed by atoms with van der Waals surface area (Å²) in [6, 6.07) is 0. The Hall–Kier alpha value is -0.880. The molecule has 0 aromatic heterocycles. The van der Waals surface area contributed by atoms with Gasteiger partial charge in [0.15, 0.2) is 0 Å². The van der Waals surface area contributed by atoms with Crippen LogP contribution in [-0.2, 0) is 14.3 Å². The van der Waals surface area contributed by atoms with E-state index in [0.717, 1.165) is 5.75 Å². The van der Waals surface area contributed by atoms with Crippen LogP contribution in [-0.4, -0.2) is 38.7 Å². The molecule has 0 spiro atoms. The first kappa shape index (κ1) is 46.1. The van der Waals surface area contributed by atoms with Crippen molar-refractivity contribution in [1.82, 2.24) is 0 Å². The van der Waals surface area contributed by atoms with Crippen molar-refractivity contribution in [3.8, 4) is 0 Å². The molecule has 6 heteroatoms. The van der Waals surface area contributed by atoms with E-state index in [1.165, 1.54) is 180 Å². The van der Waals surface area contributed by atoms with Crippen LogP contribution >= 0.6 is 23.5 Å². The van der Waals surface area contributed by atoms with Crippen LogP contribution in [0.2, 0.25) is 0 Å². The molecule has 49 heavy (non-hydrogen) atoms. The summed E-state index contributed by atoms with van der Waals surface area (Å²) in [6.45, 7) is 5.03. The first-order valence-corrected chi connectivity index (χ1v) is 22.9. The monoisotopic (exact) mass is 723 g/mol. The molecule has 1 N–H and O–H groups in total. The minimum Gasteiger partial charge on any atom is -0.481 e. The third-order valence-electron chi connectivity index (χ3n) is 9.75. The fraction of sp³-hybridized carbons (Fsp3) is 0.860. The van der Waals surface area contributed by atoms with E-state index in [1.807, 2.05) is 0 Å². The first-order valence-electron chi connectivity index (χ1n) is 21.0. The number of unbranched alkanes of at least 4 members (excludes halogenated alkanes) is 22. The normalized spacial score (nSPS) is 15.9. The van der Waals surface area contributed by atoms with Crippen molar-refractivity contribution >= 4 is 35.5 Å². The standard InChI is InChI=1S/C43H78O4S2/c1-3-5-7-9-11-13-15-17-19-21-23-25-27-29-31-36-43(48-39-40(49-43)38-47-42(46)35-33-34-41(44)45)37-32-30-28-26-24-22-20-18-16-14-12-10-8-6-4-2/h17-20,40H,3-16,21-39H2,1-2H3,(H,44,45)/b19-17-,20-18-. The number of ether oxygens (including phenoxy) is 1. The first-order chi connectivity index (χ1) is 24.0. The molecule has 0 amide bonds. The van der Waals surface area contributed by atoms with Gasteiger partial charge in [0.2, 0.25) is 0 Å². The van der Waals surface area contributed by atoms with Gasteiger partial charge in [0, 0.05) is 23.8 Å². The molecule has 1 atom stereocenters. The largest absolute Gasteiger partial charge is 0.481 e. The lowest BCUT2D eigenvalue weighted by Gasteiger charge is -2.28. The molecular weight excluding hydrogens is 645 g/mol. The molecule has 0 bridgehead atoms. The van der Waals surface area contributed by atoms with E-state index in [9.17, 15) is 9.59 Å². The van der Waals surface area contributed by atoms with Crippen LogP contribution in [0.1, 0.15) is 213 Å². The summed E-state index contributed by atoms with van der Waals surface area (Å²) < 4.78 is 5.85. The maximum Gasteiger partial charge on any atom is 0.305 e. The third kappa shape index (κ3) is 29.4. The van der Waals surface area contributed by atoms with Gasteiger partial charge in [-0.25, -0.2) is 0 Å². The van der Waals surface area contributed by atoms with Gasteiger partial charge in [0.05, 0.1) is 4.08 Å². The van der Waals surface area contributed by atoms with E-state index in [-0.39, 0.29) is 22.9 Å². The Labute approximate surface area is 312 Å². The molecule has 1 unspecified atom stereocenters. The van der Waals surface area contributed by atoms with Crippen LogP contribution in [0.15, 0.2) is 24.3 Å². The molecule has 1 aliphatic heterocycles. The number of allylic oxidation sites excluding steroid dienone is 4. The van der Waals surface area contributed by atoms with Crippen molar-refractivity contribution in [1.29, 1.82) is 0 Å². The maximum absolute atomic E-state index is 12.2. The quantitative estimate of drug-likeness (QED) is 0.0395.